The highest BCUT2D eigenvalue weighted by atomic mass is 32.1. The number of piperazine rings is 1. The molecule has 1 fully saturated rings. The minimum absolute atomic E-state index is 0.0520. The van der Waals surface area contributed by atoms with E-state index in [2.05, 4.69) is 27.1 Å². The molecule has 3 aromatic rings. The molecule has 1 unspecified atom stereocenters. The lowest BCUT2D eigenvalue weighted by Gasteiger charge is -2.33. The first-order valence-corrected chi connectivity index (χ1v) is 10.8. The number of nitrogens with zero attached hydrogens (tertiary/aromatic N) is 4. The van der Waals surface area contributed by atoms with Gasteiger partial charge in [-0.25, -0.2) is 9.97 Å². The van der Waals surface area contributed by atoms with Gasteiger partial charge in [0, 0.05) is 26.2 Å². The number of likely N-dealkylation sites (N-methyl/N-ethyl adjacent to an activating group) is 1. The Hall–Kier alpha value is -2.51. The molecular weight excluding hydrogens is 382 g/mol. The van der Waals surface area contributed by atoms with Gasteiger partial charge in [0.05, 0.1) is 16.3 Å². The maximum absolute atomic E-state index is 13.1. The van der Waals surface area contributed by atoms with Crippen molar-refractivity contribution in [2.75, 3.05) is 38.1 Å². The molecular formula is C22H27N5OS. The SMILES string of the molecule is Cc1nc(N2CCN(C)CC2)c2c(C)c(C(=O)NC(C)c3ccccc3)sc2n1. The zero-order valence-corrected chi connectivity index (χ0v) is 18.2. The molecule has 29 heavy (non-hydrogen) atoms. The average molecular weight is 410 g/mol. The van der Waals surface area contributed by atoms with Crippen LogP contribution in [0.25, 0.3) is 10.2 Å². The molecule has 1 N–H and O–H groups in total. The van der Waals surface area contributed by atoms with Gasteiger partial charge in [0.25, 0.3) is 5.91 Å². The van der Waals surface area contributed by atoms with E-state index in [1.807, 2.05) is 51.1 Å². The van der Waals surface area contributed by atoms with E-state index in [0.29, 0.717) is 0 Å². The van der Waals surface area contributed by atoms with Gasteiger partial charge in [0.15, 0.2) is 0 Å². The van der Waals surface area contributed by atoms with Gasteiger partial charge in [-0.15, -0.1) is 11.3 Å². The summed E-state index contributed by atoms with van der Waals surface area (Å²) in [6.45, 7) is 9.83. The number of benzene rings is 1. The van der Waals surface area contributed by atoms with Crippen LogP contribution in [0.1, 0.15) is 39.6 Å². The highest BCUT2D eigenvalue weighted by Gasteiger charge is 2.25. The summed E-state index contributed by atoms with van der Waals surface area (Å²) in [5, 5.41) is 4.15. The Bertz CT molecular complexity index is 1020. The van der Waals surface area contributed by atoms with Crippen LogP contribution in [0.3, 0.4) is 0 Å². The smallest absolute Gasteiger partial charge is 0.262 e. The number of carbonyl (C=O) groups excluding carboxylic acids is 1. The Morgan fingerprint density at radius 2 is 1.79 bits per heavy atom. The lowest BCUT2D eigenvalue weighted by molar-refractivity contribution is 0.0943. The fourth-order valence-corrected chi connectivity index (χ4v) is 4.90. The van der Waals surface area contributed by atoms with E-state index in [9.17, 15) is 4.79 Å². The molecule has 1 aliphatic rings. The van der Waals surface area contributed by atoms with E-state index in [0.717, 1.165) is 64.0 Å². The van der Waals surface area contributed by atoms with Crippen molar-refractivity contribution in [3.63, 3.8) is 0 Å². The van der Waals surface area contributed by atoms with Crippen molar-refractivity contribution < 1.29 is 4.79 Å². The molecule has 0 aliphatic carbocycles. The molecule has 1 aromatic carbocycles. The summed E-state index contributed by atoms with van der Waals surface area (Å²) in [6.07, 6.45) is 0. The molecule has 0 saturated carbocycles. The number of hydrogen-bond donors (Lipinski definition) is 1. The number of aromatic nitrogens is 2. The van der Waals surface area contributed by atoms with Gasteiger partial charge in [-0.05, 0) is 38.9 Å². The monoisotopic (exact) mass is 409 g/mol. The predicted molar refractivity (Wildman–Crippen MR) is 119 cm³/mol. The third kappa shape index (κ3) is 3.97. The van der Waals surface area contributed by atoms with Crippen LogP contribution < -0.4 is 10.2 Å². The lowest BCUT2D eigenvalue weighted by Crippen LogP contribution is -2.45. The highest BCUT2D eigenvalue weighted by Crippen LogP contribution is 2.36. The normalized spacial score (nSPS) is 16.2. The molecule has 2 aromatic heterocycles. The van der Waals surface area contributed by atoms with E-state index >= 15 is 0 Å². The van der Waals surface area contributed by atoms with E-state index in [1.165, 1.54) is 11.3 Å². The van der Waals surface area contributed by atoms with Crippen molar-refractivity contribution in [2.24, 2.45) is 0 Å². The highest BCUT2D eigenvalue weighted by molar-refractivity contribution is 7.20. The third-order valence-electron chi connectivity index (χ3n) is 5.54. The first kappa shape index (κ1) is 19.8. The molecule has 4 rings (SSSR count). The van der Waals surface area contributed by atoms with Gasteiger partial charge >= 0.3 is 0 Å². The van der Waals surface area contributed by atoms with Crippen molar-refractivity contribution in [1.29, 1.82) is 0 Å². The van der Waals surface area contributed by atoms with Crippen LogP contribution in [0.5, 0.6) is 0 Å². The van der Waals surface area contributed by atoms with Crippen molar-refractivity contribution in [1.82, 2.24) is 20.2 Å². The van der Waals surface area contributed by atoms with Crippen molar-refractivity contribution in [3.05, 3.63) is 52.2 Å². The summed E-state index contributed by atoms with van der Waals surface area (Å²) in [7, 11) is 2.14. The van der Waals surface area contributed by atoms with Gasteiger partial charge in [0.2, 0.25) is 0 Å². The molecule has 6 nitrogen and oxygen atoms in total. The Kier molecular flexibility index (Phi) is 5.52. The first-order chi connectivity index (χ1) is 13.9. The number of fused-ring (bicyclic) bond motifs is 1. The van der Waals surface area contributed by atoms with E-state index < -0.39 is 0 Å². The standard InChI is InChI=1S/C22H27N5OS/c1-14-18-20(27-12-10-26(4)11-13-27)24-16(3)25-22(18)29-19(14)21(28)23-15(2)17-8-6-5-7-9-17/h5-9,15H,10-13H2,1-4H3,(H,23,28). The number of rotatable bonds is 4. The Morgan fingerprint density at radius 3 is 2.48 bits per heavy atom. The zero-order valence-electron chi connectivity index (χ0n) is 17.4. The third-order valence-corrected chi connectivity index (χ3v) is 6.72. The quantitative estimate of drug-likeness (QED) is 0.714. The molecule has 3 heterocycles. The van der Waals surface area contributed by atoms with E-state index in [-0.39, 0.29) is 11.9 Å². The molecule has 7 heteroatoms. The number of carbonyl (C=O) groups is 1. The second-order valence-electron chi connectivity index (χ2n) is 7.73. The molecule has 1 amide bonds. The van der Waals surface area contributed by atoms with Gasteiger partial charge in [-0.3, -0.25) is 4.79 Å². The maximum Gasteiger partial charge on any atom is 0.262 e. The Morgan fingerprint density at radius 1 is 1.10 bits per heavy atom. The van der Waals surface area contributed by atoms with Crippen LogP contribution in [0, 0.1) is 13.8 Å². The van der Waals surface area contributed by atoms with Crippen molar-refractivity contribution in [3.8, 4) is 0 Å². The van der Waals surface area contributed by atoms with Crippen molar-refractivity contribution in [2.45, 2.75) is 26.8 Å². The number of aryl methyl sites for hydroxylation is 2. The number of nitrogens with one attached hydrogen (secondary N) is 1. The molecule has 0 radical (unpaired) electrons. The van der Waals surface area contributed by atoms with Crippen LogP contribution in [-0.2, 0) is 0 Å². The largest absolute Gasteiger partial charge is 0.353 e. The summed E-state index contributed by atoms with van der Waals surface area (Å²) < 4.78 is 0. The zero-order chi connectivity index (χ0) is 20.5. The summed E-state index contributed by atoms with van der Waals surface area (Å²) in [5.41, 5.74) is 2.06. The molecule has 152 valence electrons. The van der Waals surface area contributed by atoms with Crippen LogP contribution in [0.15, 0.2) is 30.3 Å². The molecule has 1 saturated heterocycles. The number of hydrogen-bond acceptors (Lipinski definition) is 6. The number of thiophene rings is 1. The molecule has 0 bridgehead atoms. The van der Waals surface area contributed by atoms with Crippen LogP contribution >= 0.6 is 11.3 Å². The van der Waals surface area contributed by atoms with E-state index in [1.54, 1.807) is 0 Å². The molecule has 1 atom stereocenters. The summed E-state index contributed by atoms with van der Waals surface area (Å²) >= 11 is 1.46. The topological polar surface area (TPSA) is 61.4 Å². The average Bonchev–Trinajstić information content (AvgIpc) is 3.05. The number of anilines is 1. The van der Waals surface area contributed by atoms with Crippen molar-refractivity contribution >= 4 is 33.3 Å². The van der Waals surface area contributed by atoms with Crippen LogP contribution in [0.4, 0.5) is 5.82 Å². The van der Waals surface area contributed by atoms with Gasteiger partial charge in [-0.2, -0.15) is 0 Å². The van der Waals surface area contributed by atoms with E-state index in [4.69, 9.17) is 4.98 Å². The minimum atomic E-state index is -0.0572. The van der Waals surface area contributed by atoms with Gasteiger partial charge < -0.3 is 15.1 Å². The Labute approximate surface area is 175 Å². The lowest BCUT2D eigenvalue weighted by atomic mass is 10.1. The second kappa shape index (κ2) is 8.08. The number of amides is 1. The minimum Gasteiger partial charge on any atom is -0.353 e. The predicted octanol–water partition coefficient (Wildman–Crippen LogP) is 3.55. The van der Waals surface area contributed by atoms with Crippen LogP contribution in [0.2, 0.25) is 0 Å². The van der Waals surface area contributed by atoms with Gasteiger partial charge in [0.1, 0.15) is 16.5 Å². The Balaban J connectivity index is 1.66. The first-order valence-electron chi connectivity index (χ1n) is 10.0. The fourth-order valence-electron chi connectivity index (χ4n) is 3.77. The molecule has 1 aliphatic heterocycles. The molecule has 0 spiro atoms. The summed E-state index contributed by atoms with van der Waals surface area (Å²) in [5.74, 6) is 1.66. The van der Waals surface area contributed by atoms with Gasteiger partial charge in [-0.1, -0.05) is 30.3 Å². The van der Waals surface area contributed by atoms with Crippen LogP contribution in [-0.4, -0.2) is 54.0 Å². The summed E-state index contributed by atoms with van der Waals surface area (Å²) in [4.78, 5) is 28.7. The summed E-state index contributed by atoms with van der Waals surface area (Å²) in [6, 6.07) is 9.96. The maximum atomic E-state index is 13.1. The fraction of sp³-hybridized carbons (Fsp3) is 0.409. The second-order valence-corrected chi connectivity index (χ2v) is 8.73.